The molecule has 0 radical (unpaired) electrons. The second-order valence-electron chi connectivity index (χ2n) is 3.65. The molecule has 0 aliphatic carbocycles. The Balaban J connectivity index is 2.48. The zero-order valence-electron chi connectivity index (χ0n) is 9.11. The fourth-order valence-electron chi connectivity index (χ4n) is 1.49. The van der Waals surface area contributed by atoms with E-state index in [2.05, 4.69) is 9.97 Å². The van der Waals surface area contributed by atoms with Crippen molar-refractivity contribution in [2.24, 2.45) is 0 Å². The van der Waals surface area contributed by atoms with Crippen LogP contribution in [0.25, 0.3) is 0 Å². The van der Waals surface area contributed by atoms with Crippen LogP contribution in [-0.4, -0.2) is 14.5 Å². The summed E-state index contributed by atoms with van der Waals surface area (Å²) in [5.41, 5.74) is 0.859. The Labute approximate surface area is 102 Å². The van der Waals surface area contributed by atoms with E-state index in [9.17, 15) is 9.59 Å². The molecule has 0 spiro atoms. The van der Waals surface area contributed by atoms with Gasteiger partial charge in [-0.15, -0.1) is 0 Å². The lowest BCUT2D eigenvalue weighted by atomic mass is 10.1. The number of hydrogen-bond acceptors (Lipinski definition) is 3. The number of rotatable bonds is 2. The molecule has 0 saturated carbocycles. The van der Waals surface area contributed by atoms with Crippen molar-refractivity contribution < 1.29 is 0 Å². The normalized spacial score (nSPS) is 10.5. The average molecular weight is 252 g/mol. The summed E-state index contributed by atoms with van der Waals surface area (Å²) in [7, 11) is 0. The van der Waals surface area contributed by atoms with Crippen molar-refractivity contribution in [3.05, 3.63) is 61.6 Å². The molecule has 2 aromatic heterocycles. The molecule has 0 fully saturated rings. The Bertz CT molecular complexity index is 629. The van der Waals surface area contributed by atoms with E-state index in [1.165, 1.54) is 6.07 Å². The van der Waals surface area contributed by atoms with Crippen molar-refractivity contribution in [1.82, 2.24) is 14.5 Å². The molecule has 2 rings (SSSR count). The summed E-state index contributed by atoms with van der Waals surface area (Å²) in [5, 5.41) is 0.0442. The van der Waals surface area contributed by atoms with E-state index in [4.69, 9.17) is 11.6 Å². The van der Waals surface area contributed by atoms with E-state index in [0.717, 1.165) is 15.7 Å². The van der Waals surface area contributed by atoms with E-state index in [0.29, 0.717) is 0 Å². The van der Waals surface area contributed by atoms with E-state index >= 15 is 0 Å². The van der Waals surface area contributed by atoms with E-state index < -0.39 is 11.2 Å². The molecular formula is C11H10ClN3O2. The predicted octanol–water partition coefficient (Wildman–Crippen LogP) is 0.942. The first-order chi connectivity index (χ1) is 8.08. The van der Waals surface area contributed by atoms with Gasteiger partial charge >= 0.3 is 5.69 Å². The van der Waals surface area contributed by atoms with E-state index in [1.807, 2.05) is 6.92 Å². The summed E-state index contributed by atoms with van der Waals surface area (Å²) in [4.78, 5) is 29.5. The number of nitrogens with zero attached hydrogens (tertiary/aromatic N) is 2. The largest absolute Gasteiger partial charge is 0.329 e. The number of nitrogens with one attached hydrogen (secondary N) is 1. The molecule has 88 valence electrons. The minimum atomic E-state index is -0.515. The maximum absolute atomic E-state index is 11.6. The smallest absolute Gasteiger partial charge is 0.298 e. The molecule has 0 aliphatic rings. The Kier molecular flexibility index (Phi) is 3.10. The van der Waals surface area contributed by atoms with Gasteiger partial charge in [-0.05, 0) is 24.1 Å². The van der Waals surface area contributed by atoms with Crippen LogP contribution < -0.4 is 11.2 Å². The number of halogens is 1. The Morgan fingerprint density at radius 3 is 2.88 bits per heavy atom. The van der Waals surface area contributed by atoms with Crippen LogP contribution >= 0.6 is 11.6 Å². The maximum atomic E-state index is 11.6. The van der Waals surface area contributed by atoms with Crippen molar-refractivity contribution >= 4 is 11.6 Å². The van der Waals surface area contributed by atoms with Gasteiger partial charge < -0.3 is 0 Å². The van der Waals surface area contributed by atoms with Crippen LogP contribution in [0, 0.1) is 6.92 Å². The van der Waals surface area contributed by atoms with Crippen molar-refractivity contribution in [3.63, 3.8) is 0 Å². The van der Waals surface area contributed by atoms with Gasteiger partial charge in [0.2, 0.25) is 0 Å². The third-order valence-corrected chi connectivity index (χ3v) is 2.66. The lowest BCUT2D eigenvalue weighted by Gasteiger charge is -2.06. The lowest BCUT2D eigenvalue weighted by molar-refractivity contribution is 0.695. The minimum Gasteiger partial charge on any atom is -0.298 e. The lowest BCUT2D eigenvalue weighted by Crippen LogP contribution is -2.34. The van der Waals surface area contributed by atoms with Crippen molar-refractivity contribution in [2.75, 3.05) is 0 Å². The second-order valence-corrected chi connectivity index (χ2v) is 4.06. The molecule has 0 saturated heterocycles. The fraction of sp³-hybridized carbons (Fsp3) is 0.182. The molecule has 2 aromatic rings. The predicted molar refractivity (Wildman–Crippen MR) is 64.4 cm³/mol. The van der Waals surface area contributed by atoms with Gasteiger partial charge in [0.15, 0.2) is 0 Å². The topological polar surface area (TPSA) is 67.8 Å². The first-order valence-electron chi connectivity index (χ1n) is 4.97. The quantitative estimate of drug-likeness (QED) is 0.808. The van der Waals surface area contributed by atoms with Crippen LogP contribution in [0.1, 0.15) is 11.1 Å². The molecular weight excluding hydrogens is 242 g/mol. The van der Waals surface area contributed by atoms with Gasteiger partial charge in [-0.25, -0.2) is 4.79 Å². The highest BCUT2D eigenvalue weighted by Crippen LogP contribution is 2.05. The van der Waals surface area contributed by atoms with Gasteiger partial charge in [-0.1, -0.05) is 11.6 Å². The molecule has 0 bridgehead atoms. The van der Waals surface area contributed by atoms with Crippen LogP contribution in [0.5, 0.6) is 0 Å². The van der Waals surface area contributed by atoms with Gasteiger partial charge in [-0.3, -0.25) is 19.3 Å². The molecule has 0 amide bonds. The van der Waals surface area contributed by atoms with Crippen molar-refractivity contribution in [2.45, 2.75) is 13.5 Å². The van der Waals surface area contributed by atoms with Crippen LogP contribution in [0.4, 0.5) is 0 Å². The first-order valence-corrected chi connectivity index (χ1v) is 5.35. The molecule has 1 N–H and O–H groups in total. The summed E-state index contributed by atoms with van der Waals surface area (Å²) in [6, 6.07) is 2.95. The van der Waals surface area contributed by atoms with Gasteiger partial charge in [-0.2, -0.15) is 0 Å². The number of aromatic amines is 1. The molecule has 0 atom stereocenters. The van der Waals surface area contributed by atoms with Gasteiger partial charge in [0, 0.05) is 18.5 Å². The third-order valence-electron chi connectivity index (χ3n) is 2.45. The Morgan fingerprint density at radius 1 is 1.47 bits per heavy atom. The summed E-state index contributed by atoms with van der Waals surface area (Å²) < 4.78 is 1.09. The highest BCUT2D eigenvalue weighted by atomic mass is 35.5. The van der Waals surface area contributed by atoms with E-state index in [1.54, 1.807) is 18.5 Å². The number of aryl methyl sites for hydroxylation is 1. The van der Waals surface area contributed by atoms with Gasteiger partial charge in [0.25, 0.3) is 5.56 Å². The standard InChI is InChI=1S/C11H10ClN3O2/c1-7-5-13-3-2-8(7)6-15-10(16)4-9(12)14-11(15)17/h2-5H,6H2,1H3,(H,14,17). The molecule has 17 heavy (non-hydrogen) atoms. The maximum Gasteiger partial charge on any atom is 0.329 e. The number of H-pyrrole nitrogens is 1. The summed E-state index contributed by atoms with van der Waals surface area (Å²) >= 11 is 5.58. The number of pyridine rings is 1. The molecule has 0 aliphatic heterocycles. The number of aromatic nitrogens is 3. The van der Waals surface area contributed by atoms with Crippen LogP contribution in [-0.2, 0) is 6.54 Å². The molecule has 2 heterocycles. The van der Waals surface area contributed by atoms with Crippen molar-refractivity contribution in [3.8, 4) is 0 Å². The summed E-state index contributed by atoms with van der Waals surface area (Å²) in [6.07, 6.45) is 3.31. The van der Waals surface area contributed by atoms with E-state index in [-0.39, 0.29) is 11.7 Å². The Hall–Kier alpha value is -1.88. The van der Waals surface area contributed by atoms with Crippen LogP contribution in [0.15, 0.2) is 34.1 Å². The fourth-order valence-corrected chi connectivity index (χ4v) is 1.67. The SMILES string of the molecule is Cc1cnccc1Cn1c(=O)cc(Cl)[nH]c1=O. The van der Waals surface area contributed by atoms with Crippen molar-refractivity contribution in [1.29, 1.82) is 0 Å². The summed E-state index contributed by atoms with van der Waals surface area (Å²) in [6.45, 7) is 2.08. The molecule has 6 heteroatoms. The van der Waals surface area contributed by atoms with Crippen LogP contribution in [0.2, 0.25) is 5.15 Å². The zero-order valence-corrected chi connectivity index (χ0v) is 9.86. The second kappa shape index (κ2) is 4.55. The number of hydrogen-bond donors (Lipinski definition) is 1. The van der Waals surface area contributed by atoms with Gasteiger partial charge in [0.05, 0.1) is 6.54 Å². The molecule has 5 nitrogen and oxygen atoms in total. The highest BCUT2D eigenvalue weighted by Gasteiger charge is 2.05. The Morgan fingerprint density at radius 2 is 2.24 bits per heavy atom. The van der Waals surface area contributed by atoms with Gasteiger partial charge in [0.1, 0.15) is 5.15 Å². The highest BCUT2D eigenvalue weighted by molar-refractivity contribution is 6.29. The first kappa shape index (κ1) is 11.6. The zero-order chi connectivity index (χ0) is 12.4. The van der Waals surface area contributed by atoms with Crippen LogP contribution in [0.3, 0.4) is 0 Å². The average Bonchev–Trinajstić information content (AvgIpc) is 2.25. The minimum absolute atomic E-state index is 0.0442. The molecule has 0 aromatic carbocycles. The summed E-state index contributed by atoms with van der Waals surface area (Å²) in [5.74, 6) is 0. The monoisotopic (exact) mass is 251 g/mol. The third kappa shape index (κ3) is 2.45. The molecule has 0 unspecified atom stereocenters.